The van der Waals surface area contributed by atoms with Gasteiger partial charge in [0.1, 0.15) is 6.54 Å². The summed E-state index contributed by atoms with van der Waals surface area (Å²) in [6.07, 6.45) is 0.731. The van der Waals surface area contributed by atoms with Crippen molar-refractivity contribution >= 4 is 35.1 Å². The van der Waals surface area contributed by atoms with Gasteiger partial charge < -0.3 is 0 Å². The molecule has 0 aromatic heterocycles. The van der Waals surface area contributed by atoms with Crippen LogP contribution in [0, 0.1) is 0 Å². The van der Waals surface area contributed by atoms with Crippen molar-refractivity contribution in [1.82, 2.24) is 10.0 Å². The number of carbonyl (C=O) groups excluding carboxylic acids is 4. The Morgan fingerprint density at radius 2 is 1.48 bits per heavy atom. The molecule has 1 aliphatic rings. The number of amides is 3. The number of imide groups is 1. The van der Waals surface area contributed by atoms with Gasteiger partial charge in [-0.1, -0.05) is 41.9 Å². The number of carbonyl (C=O) groups is 4. The van der Waals surface area contributed by atoms with Gasteiger partial charge in [-0.05, 0) is 30.7 Å². The van der Waals surface area contributed by atoms with E-state index in [1.165, 1.54) is 24.3 Å². The van der Waals surface area contributed by atoms with Gasteiger partial charge in [0.05, 0.1) is 0 Å². The highest BCUT2D eigenvalue weighted by Gasteiger charge is 2.35. The zero-order valence-electron chi connectivity index (χ0n) is 14.4. The molecule has 0 unspecified atom stereocenters. The molecule has 7 heteroatoms. The molecule has 1 fully saturated rings. The van der Waals surface area contributed by atoms with Gasteiger partial charge in [0.25, 0.3) is 5.91 Å². The van der Waals surface area contributed by atoms with Gasteiger partial charge in [0, 0.05) is 29.0 Å². The summed E-state index contributed by atoms with van der Waals surface area (Å²) in [7, 11) is 0. The first kappa shape index (κ1) is 18.8. The monoisotopic (exact) mass is 384 g/mol. The highest BCUT2D eigenvalue weighted by Crippen LogP contribution is 2.19. The van der Waals surface area contributed by atoms with Crippen LogP contribution in [0.2, 0.25) is 5.02 Å². The first-order valence-electron chi connectivity index (χ1n) is 8.49. The molecule has 138 valence electrons. The van der Waals surface area contributed by atoms with Crippen LogP contribution in [-0.2, 0) is 9.59 Å². The molecule has 0 N–H and O–H groups in total. The Bertz CT molecular complexity index is 865. The Balaban J connectivity index is 1.94. The fourth-order valence-electron chi connectivity index (χ4n) is 2.84. The van der Waals surface area contributed by atoms with Gasteiger partial charge in [-0.2, -0.15) is 5.01 Å². The van der Waals surface area contributed by atoms with Crippen molar-refractivity contribution in [3.8, 4) is 0 Å². The summed E-state index contributed by atoms with van der Waals surface area (Å²) in [6.45, 7) is -0.414. The highest BCUT2D eigenvalue weighted by atomic mass is 35.5. The minimum Gasteiger partial charge on any atom is -0.292 e. The van der Waals surface area contributed by atoms with Gasteiger partial charge in [-0.3, -0.25) is 19.2 Å². The lowest BCUT2D eigenvalue weighted by molar-refractivity contribution is -0.162. The van der Waals surface area contributed by atoms with Crippen LogP contribution in [0.25, 0.3) is 0 Å². The molecule has 0 saturated carbocycles. The summed E-state index contributed by atoms with van der Waals surface area (Å²) in [4.78, 5) is 50.3. The summed E-state index contributed by atoms with van der Waals surface area (Å²) >= 11 is 5.86. The molecule has 0 atom stereocenters. The van der Waals surface area contributed by atoms with Crippen molar-refractivity contribution in [2.75, 3.05) is 6.54 Å². The standard InChI is InChI=1S/C20H17ClN2O4/c21-16-11-9-15(10-12-16)20(27)22(23-18(25)7-4-8-19(23)26)13-17(24)14-5-2-1-3-6-14/h1-3,5-6,9-12H,4,7-8,13H2. The third-order valence-electron chi connectivity index (χ3n) is 4.21. The van der Waals surface area contributed by atoms with Crippen LogP contribution in [-0.4, -0.2) is 40.1 Å². The molecule has 3 rings (SSSR count). The van der Waals surface area contributed by atoms with E-state index in [1.807, 2.05) is 0 Å². The van der Waals surface area contributed by atoms with E-state index in [1.54, 1.807) is 30.3 Å². The summed E-state index contributed by atoms with van der Waals surface area (Å²) < 4.78 is 0. The topological polar surface area (TPSA) is 74.8 Å². The molecule has 3 amide bonds. The Labute approximate surface area is 161 Å². The number of hydrazine groups is 1. The molecule has 1 saturated heterocycles. The van der Waals surface area contributed by atoms with E-state index in [2.05, 4.69) is 0 Å². The number of benzene rings is 2. The lowest BCUT2D eigenvalue weighted by Gasteiger charge is -2.35. The maximum absolute atomic E-state index is 13.0. The molecule has 1 heterocycles. The summed E-state index contributed by atoms with van der Waals surface area (Å²) in [5.41, 5.74) is 0.620. The van der Waals surface area contributed by atoms with Crippen molar-refractivity contribution in [2.24, 2.45) is 0 Å². The van der Waals surface area contributed by atoms with E-state index in [0.29, 0.717) is 17.0 Å². The van der Waals surface area contributed by atoms with Gasteiger partial charge in [-0.15, -0.1) is 0 Å². The van der Waals surface area contributed by atoms with Crippen molar-refractivity contribution < 1.29 is 19.2 Å². The third-order valence-corrected chi connectivity index (χ3v) is 4.46. The Kier molecular flexibility index (Phi) is 5.66. The summed E-state index contributed by atoms with van der Waals surface area (Å²) in [6, 6.07) is 14.5. The zero-order chi connectivity index (χ0) is 19.4. The van der Waals surface area contributed by atoms with E-state index < -0.39 is 24.3 Å². The molecule has 6 nitrogen and oxygen atoms in total. The molecule has 0 spiro atoms. The van der Waals surface area contributed by atoms with Crippen LogP contribution in [0.4, 0.5) is 0 Å². The van der Waals surface area contributed by atoms with E-state index in [4.69, 9.17) is 11.6 Å². The number of Topliss-reactive ketones (excluding diaryl/α,β-unsaturated/α-hetero) is 1. The average Bonchev–Trinajstić information content (AvgIpc) is 2.67. The fraction of sp³-hybridized carbons (Fsp3) is 0.200. The van der Waals surface area contributed by atoms with Crippen LogP contribution in [0.5, 0.6) is 0 Å². The number of ketones is 1. The highest BCUT2D eigenvalue weighted by molar-refractivity contribution is 6.30. The Morgan fingerprint density at radius 1 is 0.889 bits per heavy atom. The predicted octanol–water partition coefficient (Wildman–Crippen LogP) is 3.12. The number of piperidine rings is 1. The Morgan fingerprint density at radius 3 is 2.07 bits per heavy atom. The van der Waals surface area contributed by atoms with Crippen LogP contribution < -0.4 is 0 Å². The zero-order valence-corrected chi connectivity index (χ0v) is 15.2. The lowest BCUT2D eigenvalue weighted by atomic mass is 10.1. The van der Waals surface area contributed by atoms with E-state index in [0.717, 1.165) is 10.0 Å². The number of rotatable bonds is 5. The number of halogens is 1. The molecule has 2 aromatic carbocycles. The molecule has 0 aliphatic carbocycles. The van der Waals surface area contributed by atoms with Crippen LogP contribution in [0.1, 0.15) is 40.0 Å². The van der Waals surface area contributed by atoms with Crippen molar-refractivity contribution in [1.29, 1.82) is 0 Å². The Hall–Kier alpha value is -2.99. The van der Waals surface area contributed by atoms with E-state index in [-0.39, 0.29) is 24.2 Å². The first-order chi connectivity index (χ1) is 13.0. The normalized spacial score (nSPS) is 14.2. The predicted molar refractivity (Wildman–Crippen MR) is 99.0 cm³/mol. The smallest absolute Gasteiger partial charge is 0.273 e. The van der Waals surface area contributed by atoms with Gasteiger partial charge in [-0.25, -0.2) is 5.01 Å². The largest absolute Gasteiger partial charge is 0.292 e. The fourth-order valence-corrected chi connectivity index (χ4v) is 2.96. The van der Waals surface area contributed by atoms with Crippen LogP contribution >= 0.6 is 11.6 Å². The van der Waals surface area contributed by atoms with Crippen molar-refractivity contribution in [3.05, 3.63) is 70.7 Å². The summed E-state index contributed by atoms with van der Waals surface area (Å²) in [5, 5.41) is 2.19. The maximum Gasteiger partial charge on any atom is 0.273 e. The minimum absolute atomic E-state index is 0.148. The number of hydrogen-bond acceptors (Lipinski definition) is 4. The van der Waals surface area contributed by atoms with Gasteiger partial charge in [0.2, 0.25) is 11.8 Å². The van der Waals surface area contributed by atoms with Crippen LogP contribution in [0.15, 0.2) is 54.6 Å². The maximum atomic E-state index is 13.0. The molecule has 0 bridgehead atoms. The van der Waals surface area contributed by atoms with Crippen molar-refractivity contribution in [3.63, 3.8) is 0 Å². The first-order valence-corrected chi connectivity index (χ1v) is 8.86. The molecular formula is C20H17ClN2O4. The second-order valence-electron chi connectivity index (χ2n) is 6.11. The van der Waals surface area contributed by atoms with E-state index in [9.17, 15) is 19.2 Å². The third kappa shape index (κ3) is 4.23. The molecule has 2 aromatic rings. The number of hydrogen-bond donors (Lipinski definition) is 0. The quantitative estimate of drug-likeness (QED) is 0.586. The second kappa shape index (κ2) is 8.14. The number of nitrogens with zero attached hydrogens (tertiary/aromatic N) is 2. The lowest BCUT2D eigenvalue weighted by Crippen LogP contribution is -2.56. The van der Waals surface area contributed by atoms with Crippen LogP contribution in [0.3, 0.4) is 0 Å². The molecule has 1 aliphatic heterocycles. The van der Waals surface area contributed by atoms with Gasteiger partial charge >= 0.3 is 0 Å². The molecule has 27 heavy (non-hydrogen) atoms. The minimum atomic E-state index is -0.612. The molecular weight excluding hydrogens is 368 g/mol. The average molecular weight is 385 g/mol. The van der Waals surface area contributed by atoms with Gasteiger partial charge in [0.15, 0.2) is 5.78 Å². The SMILES string of the molecule is O=C(CN(C(=O)c1ccc(Cl)cc1)N1C(=O)CCCC1=O)c1ccccc1. The molecule has 0 radical (unpaired) electrons. The second-order valence-corrected chi connectivity index (χ2v) is 6.55. The van der Waals surface area contributed by atoms with E-state index >= 15 is 0 Å². The van der Waals surface area contributed by atoms with Crippen molar-refractivity contribution in [2.45, 2.75) is 19.3 Å². The summed E-state index contributed by atoms with van der Waals surface area (Å²) in [5.74, 6) is -1.97.